The van der Waals surface area contributed by atoms with Gasteiger partial charge in [0.05, 0.1) is 6.61 Å². The van der Waals surface area contributed by atoms with Crippen molar-refractivity contribution >= 4 is 9.76 Å². The lowest BCUT2D eigenvalue weighted by Gasteiger charge is -2.06. The summed E-state index contributed by atoms with van der Waals surface area (Å²) in [7, 11) is -0.265. The standard InChI is InChI=1S/C12H20O3Si/c1-2-16-15-9-5-8-14-10-11-6-3-4-7-12(11)13/h3-4,6-7,13H,2,5,8-10,16H2,1H3. The number of phenolic OH excluding ortho intramolecular Hbond substituents is 1. The van der Waals surface area contributed by atoms with Gasteiger partial charge in [0.1, 0.15) is 5.75 Å². The van der Waals surface area contributed by atoms with Crippen LogP contribution in [0.4, 0.5) is 0 Å². The van der Waals surface area contributed by atoms with Crippen LogP contribution in [0.2, 0.25) is 6.04 Å². The molecule has 0 aromatic heterocycles. The molecule has 0 bridgehead atoms. The quantitative estimate of drug-likeness (QED) is 0.556. The molecule has 0 heterocycles. The van der Waals surface area contributed by atoms with Gasteiger partial charge in [-0.2, -0.15) is 0 Å². The van der Waals surface area contributed by atoms with Gasteiger partial charge in [-0.25, -0.2) is 0 Å². The Labute approximate surface area is 99.3 Å². The average molecular weight is 240 g/mol. The minimum Gasteiger partial charge on any atom is -0.508 e. The van der Waals surface area contributed by atoms with E-state index in [1.807, 2.05) is 18.2 Å². The molecule has 1 rings (SSSR count). The highest BCUT2D eigenvalue weighted by Crippen LogP contribution is 2.16. The van der Waals surface area contributed by atoms with Crippen LogP contribution in [0.5, 0.6) is 5.75 Å². The second-order valence-corrected chi connectivity index (χ2v) is 5.46. The first-order chi connectivity index (χ1) is 7.84. The molecule has 0 saturated heterocycles. The van der Waals surface area contributed by atoms with E-state index in [1.165, 1.54) is 6.04 Å². The Balaban J connectivity index is 2.05. The largest absolute Gasteiger partial charge is 0.508 e. The van der Waals surface area contributed by atoms with Crippen molar-refractivity contribution in [2.75, 3.05) is 13.2 Å². The maximum Gasteiger partial charge on any atom is 0.161 e. The molecule has 0 spiro atoms. The first-order valence-electron chi connectivity index (χ1n) is 5.77. The molecular formula is C12H20O3Si. The van der Waals surface area contributed by atoms with Crippen molar-refractivity contribution in [2.45, 2.75) is 26.0 Å². The van der Waals surface area contributed by atoms with E-state index in [0.717, 1.165) is 18.6 Å². The fourth-order valence-electron chi connectivity index (χ4n) is 1.32. The molecule has 1 aromatic rings. The monoisotopic (exact) mass is 240 g/mol. The molecule has 0 saturated carbocycles. The number of para-hydroxylation sites is 1. The van der Waals surface area contributed by atoms with Gasteiger partial charge < -0.3 is 14.3 Å². The maximum absolute atomic E-state index is 9.48. The SMILES string of the molecule is CC[SiH2]OCCCOCc1ccccc1O. The zero-order valence-corrected chi connectivity index (χ0v) is 11.2. The molecule has 1 aromatic carbocycles. The van der Waals surface area contributed by atoms with Crippen LogP contribution in [0, 0.1) is 0 Å². The van der Waals surface area contributed by atoms with Crippen LogP contribution in [0.3, 0.4) is 0 Å². The Morgan fingerprint density at radius 2 is 2.06 bits per heavy atom. The minimum atomic E-state index is -0.265. The minimum absolute atomic E-state index is 0.265. The smallest absolute Gasteiger partial charge is 0.161 e. The average Bonchev–Trinajstić information content (AvgIpc) is 2.30. The number of ether oxygens (including phenoxy) is 1. The van der Waals surface area contributed by atoms with Crippen LogP contribution >= 0.6 is 0 Å². The molecule has 0 aliphatic rings. The van der Waals surface area contributed by atoms with Gasteiger partial charge in [0, 0.05) is 18.8 Å². The van der Waals surface area contributed by atoms with Crippen LogP contribution < -0.4 is 0 Å². The normalized spacial score (nSPS) is 11.3. The van der Waals surface area contributed by atoms with E-state index in [2.05, 4.69) is 6.92 Å². The molecule has 0 amide bonds. The third-order valence-electron chi connectivity index (χ3n) is 2.17. The lowest BCUT2D eigenvalue weighted by Crippen LogP contribution is -2.03. The van der Waals surface area contributed by atoms with E-state index in [-0.39, 0.29) is 9.76 Å². The summed E-state index contributed by atoms with van der Waals surface area (Å²) in [5.74, 6) is 0.303. The van der Waals surface area contributed by atoms with Gasteiger partial charge in [-0.1, -0.05) is 25.1 Å². The van der Waals surface area contributed by atoms with Crippen LogP contribution in [0.25, 0.3) is 0 Å². The van der Waals surface area contributed by atoms with Gasteiger partial charge >= 0.3 is 0 Å². The predicted octanol–water partition coefficient (Wildman–Crippen LogP) is 1.84. The van der Waals surface area contributed by atoms with Gasteiger partial charge in [-0.05, 0) is 18.5 Å². The van der Waals surface area contributed by atoms with Gasteiger partial charge in [-0.15, -0.1) is 0 Å². The fraction of sp³-hybridized carbons (Fsp3) is 0.500. The third-order valence-corrected chi connectivity index (χ3v) is 3.16. The van der Waals surface area contributed by atoms with Crippen LogP contribution in [0.1, 0.15) is 18.9 Å². The van der Waals surface area contributed by atoms with Crippen molar-refractivity contribution in [1.29, 1.82) is 0 Å². The van der Waals surface area contributed by atoms with Crippen molar-refractivity contribution in [1.82, 2.24) is 0 Å². The number of phenols is 1. The van der Waals surface area contributed by atoms with Crippen LogP contribution in [-0.2, 0) is 15.8 Å². The Morgan fingerprint density at radius 3 is 2.81 bits per heavy atom. The van der Waals surface area contributed by atoms with Gasteiger partial charge in [0.2, 0.25) is 0 Å². The fourth-order valence-corrected chi connectivity index (χ4v) is 2.02. The molecule has 0 atom stereocenters. The number of rotatable bonds is 8. The summed E-state index contributed by atoms with van der Waals surface area (Å²) >= 11 is 0. The number of hydrogen-bond donors (Lipinski definition) is 1. The zero-order valence-electron chi connectivity index (χ0n) is 9.82. The lowest BCUT2D eigenvalue weighted by molar-refractivity contribution is 0.106. The zero-order chi connectivity index (χ0) is 11.6. The summed E-state index contributed by atoms with van der Waals surface area (Å²) in [5, 5.41) is 9.48. The Hall–Kier alpha value is -0.843. The van der Waals surface area contributed by atoms with E-state index >= 15 is 0 Å². The summed E-state index contributed by atoms with van der Waals surface area (Å²) in [6, 6.07) is 8.44. The summed E-state index contributed by atoms with van der Waals surface area (Å²) in [6.45, 7) is 4.12. The van der Waals surface area contributed by atoms with Gasteiger partial charge in [0.25, 0.3) is 0 Å². The summed E-state index contributed by atoms with van der Waals surface area (Å²) in [5.41, 5.74) is 0.839. The molecule has 1 N–H and O–H groups in total. The molecule has 0 unspecified atom stereocenters. The maximum atomic E-state index is 9.48. The molecule has 0 aliphatic heterocycles. The Kier molecular flexibility index (Phi) is 6.88. The molecule has 0 fully saturated rings. The number of hydrogen-bond acceptors (Lipinski definition) is 3. The van der Waals surface area contributed by atoms with Crippen molar-refractivity contribution in [3.8, 4) is 5.75 Å². The van der Waals surface area contributed by atoms with Crippen molar-refractivity contribution < 1.29 is 14.3 Å². The molecule has 90 valence electrons. The summed E-state index contributed by atoms with van der Waals surface area (Å²) in [6.07, 6.45) is 0.931. The molecular weight excluding hydrogens is 220 g/mol. The second kappa shape index (κ2) is 8.33. The molecule has 4 heteroatoms. The Bertz CT molecular complexity index is 291. The predicted molar refractivity (Wildman–Crippen MR) is 67.4 cm³/mol. The highest BCUT2D eigenvalue weighted by molar-refractivity contribution is 6.26. The third kappa shape index (κ3) is 5.30. The summed E-state index contributed by atoms with van der Waals surface area (Å²) < 4.78 is 10.9. The van der Waals surface area contributed by atoms with Crippen molar-refractivity contribution in [2.24, 2.45) is 0 Å². The lowest BCUT2D eigenvalue weighted by atomic mass is 10.2. The first-order valence-corrected chi connectivity index (χ1v) is 7.34. The van der Waals surface area contributed by atoms with Crippen molar-refractivity contribution in [3.05, 3.63) is 29.8 Å². The highest BCUT2D eigenvalue weighted by atomic mass is 28.2. The first kappa shape index (κ1) is 13.2. The van der Waals surface area contributed by atoms with Crippen molar-refractivity contribution in [3.63, 3.8) is 0 Å². The summed E-state index contributed by atoms with van der Waals surface area (Å²) in [4.78, 5) is 0. The van der Waals surface area contributed by atoms with E-state index in [4.69, 9.17) is 9.16 Å². The van der Waals surface area contributed by atoms with Gasteiger partial charge in [-0.3, -0.25) is 0 Å². The van der Waals surface area contributed by atoms with Gasteiger partial charge in [0.15, 0.2) is 9.76 Å². The van der Waals surface area contributed by atoms with E-state index in [1.54, 1.807) is 6.07 Å². The van der Waals surface area contributed by atoms with E-state index in [9.17, 15) is 5.11 Å². The highest BCUT2D eigenvalue weighted by Gasteiger charge is 1.98. The topological polar surface area (TPSA) is 38.7 Å². The molecule has 16 heavy (non-hydrogen) atoms. The van der Waals surface area contributed by atoms with E-state index < -0.39 is 0 Å². The second-order valence-electron chi connectivity index (χ2n) is 3.65. The number of benzene rings is 1. The van der Waals surface area contributed by atoms with Crippen LogP contribution in [-0.4, -0.2) is 28.1 Å². The Morgan fingerprint density at radius 1 is 1.25 bits per heavy atom. The number of aromatic hydroxyl groups is 1. The molecule has 0 aliphatic carbocycles. The molecule has 3 nitrogen and oxygen atoms in total. The molecule has 0 radical (unpaired) electrons. The van der Waals surface area contributed by atoms with E-state index in [0.29, 0.717) is 19.0 Å². The van der Waals surface area contributed by atoms with Crippen LogP contribution in [0.15, 0.2) is 24.3 Å².